The van der Waals surface area contributed by atoms with Crippen LogP contribution in [-0.2, 0) is 0 Å². The molecule has 0 aliphatic rings. The van der Waals surface area contributed by atoms with Crippen molar-refractivity contribution in [1.29, 1.82) is 0 Å². The molecule has 0 saturated heterocycles. The molecule has 0 saturated carbocycles. The van der Waals surface area contributed by atoms with Gasteiger partial charge in [-0.1, -0.05) is 121 Å². The number of furan rings is 1. The minimum absolute atomic E-state index is 0.00429. The number of thiophene rings is 1. The molecule has 49 heavy (non-hydrogen) atoms. The SMILES string of the molecule is [2H]c1c([2H])c(N(c2c([2H])c([2H])c(-c3c([2H])c([2H])c([2H])c4sc5c([2H])c([2H])c([2H])c([2H])c5c34)c([2H])c2[2H])c2cccc3oc4c5ccccc5ccc4c23)c([2H])c([2H])c1-c1ccccc1. The molecule has 8 aromatic carbocycles. The van der Waals surface area contributed by atoms with Gasteiger partial charge in [0.05, 0.1) is 31.6 Å². The highest BCUT2D eigenvalue weighted by Crippen LogP contribution is 2.45. The second-order valence-electron chi connectivity index (χ2n) is 11.3. The van der Waals surface area contributed by atoms with Crippen molar-refractivity contribution in [2.45, 2.75) is 0 Å². The van der Waals surface area contributed by atoms with E-state index in [9.17, 15) is 11.0 Å². The Morgan fingerprint density at radius 1 is 0.490 bits per heavy atom. The molecule has 0 unspecified atom stereocenters. The molecule has 3 heteroatoms. The maximum absolute atomic E-state index is 9.72. The van der Waals surface area contributed by atoms with Crippen molar-refractivity contribution < 1.29 is 25.0 Å². The second-order valence-corrected chi connectivity index (χ2v) is 12.3. The average molecular weight is 659 g/mol. The van der Waals surface area contributed by atoms with Gasteiger partial charge in [-0.3, -0.25) is 0 Å². The molecule has 0 bridgehead atoms. The van der Waals surface area contributed by atoms with Gasteiger partial charge in [-0.05, 0) is 82.1 Å². The zero-order valence-corrected chi connectivity index (χ0v) is 26.2. The summed E-state index contributed by atoms with van der Waals surface area (Å²) in [7, 11) is 0. The summed E-state index contributed by atoms with van der Waals surface area (Å²) in [5, 5.41) is 2.44. The Morgan fingerprint density at radius 2 is 1.22 bits per heavy atom. The van der Waals surface area contributed by atoms with Crippen molar-refractivity contribution in [1.82, 2.24) is 0 Å². The van der Waals surface area contributed by atoms with Gasteiger partial charge in [0.15, 0.2) is 0 Å². The molecule has 0 aliphatic carbocycles. The molecule has 10 rings (SSSR count). The first-order chi connectivity index (χ1) is 30.6. The molecule has 0 fully saturated rings. The predicted molar refractivity (Wildman–Crippen MR) is 210 cm³/mol. The topological polar surface area (TPSA) is 16.4 Å². The van der Waals surface area contributed by atoms with E-state index >= 15 is 0 Å². The van der Waals surface area contributed by atoms with Gasteiger partial charge in [0.1, 0.15) is 11.2 Å². The van der Waals surface area contributed by atoms with E-state index < -0.39 is 102 Å². The summed E-state index contributed by atoms with van der Waals surface area (Å²) in [6, 6.07) is 16.0. The average Bonchev–Trinajstić information content (AvgIpc) is 3.89. The van der Waals surface area contributed by atoms with Crippen LogP contribution in [-0.4, -0.2) is 0 Å². The lowest BCUT2D eigenvalue weighted by molar-refractivity contribution is 0.672. The van der Waals surface area contributed by atoms with Crippen LogP contribution in [0.5, 0.6) is 0 Å². The molecular formula is C46H29NOS. The van der Waals surface area contributed by atoms with E-state index in [-0.39, 0.29) is 42.7 Å². The Kier molecular flexibility index (Phi) is 3.85. The van der Waals surface area contributed by atoms with Crippen molar-refractivity contribution in [3.05, 3.63) is 176 Å². The third-order valence-electron chi connectivity index (χ3n) is 8.54. The summed E-state index contributed by atoms with van der Waals surface area (Å²) >= 11 is 0.803. The molecule has 0 radical (unpaired) electrons. The fourth-order valence-corrected chi connectivity index (χ4v) is 7.30. The summed E-state index contributed by atoms with van der Waals surface area (Å²) in [6.07, 6.45) is 0. The van der Waals surface area contributed by atoms with Crippen molar-refractivity contribution in [3.63, 3.8) is 0 Å². The van der Waals surface area contributed by atoms with E-state index in [1.807, 2.05) is 36.4 Å². The number of rotatable bonds is 5. The zero-order valence-electron chi connectivity index (χ0n) is 40.3. The first kappa shape index (κ1) is 16.8. The standard InChI is InChI=1S/C46H29NOS/c1-2-10-30(11-3-1)31-20-25-34(26-21-31)47(40-16-9-17-41-45(40)39-29-24-32-12-4-5-13-37(32)46(39)48-41)35-27-22-33(23-28-35)36-15-8-19-43-44(36)38-14-6-7-18-42(38)49-43/h1-29H/i6D,7D,8D,14D,15D,18D,19D,20D,21D,22D,23D,25D,26D,27D,28D. The Morgan fingerprint density at radius 3 is 2.06 bits per heavy atom. The molecule has 0 spiro atoms. The summed E-state index contributed by atoms with van der Waals surface area (Å²) < 4.78 is 144. The van der Waals surface area contributed by atoms with Crippen LogP contribution >= 0.6 is 11.3 Å². The van der Waals surface area contributed by atoms with E-state index in [1.165, 1.54) is 4.90 Å². The lowest BCUT2D eigenvalue weighted by Gasteiger charge is -2.26. The number of nitrogens with zero attached hydrogens (tertiary/aromatic N) is 1. The van der Waals surface area contributed by atoms with Gasteiger partial charge in [0.2, 0.25) is 0 Å². The van der Waals surface area contributed by atoms with Gasteiger partial charge in [0, 0.05) is 42.3 Å². The van der Waals surface area contributed by atoms with Gasteiger partial charge in [-0.25, -0.2) is 0 Å². The van der Waals surface area contributed by atoms with Crippen LogP contribution in [0.3, 0.4) is 0 Å². The molecule has 2 nitrogen and oxygen atoms in total. The molecule has 230 valence electrons. The second kappa shape index (κ2) is 11.2. The first-order valence-electron chi connectivity index (χ1n) is 22.9. The first-order valence-corrected chi connectivity index (χ1v) is 16.2. The van der Waals surface area contributed by atoms with Gasteiger partial charge >= 0.3 is 0 Å². The molecular weight excluding hydrogens is 615 g/mol. The lowest BCUT2D eigenvalue weighted by Crippen LogP contribution is -2.10. The smallest absolute Gasteiger partial charge is 0.143 e. The number of benzene rings is 8. The van der Waals surface area contributed by atoms with Crippen LogP contribution in [0.15, 0.2) is 180 Å². The summed E-state index contributed by atoms with van der Waals surface area (Å²) in [5.41, 5.74) is -0.290. The van der Waals surface area contributed by atoms with Crippen LogP contribution in [0.25, 0.3) is 75.1 Å². The van der Waals surface area contributed by atoms with Crippen LogP contribution in [0, 0.1) is 0 Å². The summed E-state index contributed by atoms with van der Waals surface area (Å²) in [6.45, 7) is 0. The Labute approximate surface area is 308 Å². The number of anilines is 3. The minimum Gasteiger partial charge on any atom is -0.455 e. The van der Waals surface area contributed by atoms with Crippen LogP contribution in [0.1, 0.15) is 20.6 Å². The van der Waals surface area contributed by atoms with Crippen molar-refractivity contribution in [3.8, 4) is 22.3 Å². The number of fused-ring (bicyclic) bond motifs is 8. The van der Waals surface area contributed by atoms with Crippen molar-refractivity contribution >= 4 is 81.3 Å². The highest BCUT2D eigenvalue weighted by atomic mass is 32.1. The largest absolute Gasteiger partial charge is 0.455 e. The van der Waals surface area contributed by atoms with E-state index in [1.54, 1.807) is 48.5 Å². The molecule has 2 heterocycles. The fourth-order valence-electron chi connectivity index (χ4n) is 6.33. The predicted octanol–water partition coefficient (Wildman–Crippen LogP) is 13.9. The molecule has 10 aromatic rings. The molecule has 0 amide bonds. The lowest BCUT2D eigenvalue weighted by atomic mass is 9.99. The van der Waals surface area contributed by atoms with E-state index in [2.05, 4.69) is 0 Å². The number of hydrogen-bond acceptors (Lipinski definition) is 3. The summed E-state index contributed by atoms with van der Waals surface area (Å²) in [5.74, 6) is 0. The quantitative estimate of drug-likeness (QED) is 0.183. The van der Waals surface area contributed by atoms with E-state index in [0.29, 0.717) is 27.5 Å². The maximum Gasteiger partial charge on any atom is 0.143 e. The molecule has 2 aromatic heterocycles. The maximum atomic E-state index is 9.72. The van der Waals surface area contributed by atoms with Gasteiger partial charge in [-0.2, -0.15) is 0 Å². The summed E-state index contributed by atoms with van der Waals surface area (Å²) in [4.78, 5) is 1.18. The highest BCUT2D eigenvalue weighted by molar-refractivity contribution is 7.25. The highest BCUT2D eigenvalue weighted by Gasteiger charge is 2.21. The monoisotopic (exact) mass is 658 g/mol. The van der Waals surface area contributed by atoms with Crippen LogP contribution < -0.4 is 4.90 Å². The third-order valence-corrected chi connectivity index (χ3v) is 9.56. The normalized spacial score (nSPS) is 16.0. The zero-order chi connectivity index (χ0) is 45.4. The Hall–Kier alpha value is -6.16. The van der Waals surface area contributed by atoms with Crippen molar-refractivity contribution in [2.75, 3.05) is 4.90 Å². The Balaban J connectivity index is 1.34. The Bertz CT molecular complexity index is 3640. The van der Waals surface area contributed by atoms with Gasteiger partial charge in [0.25, 0.3) is 0 Å². The van der Waals surface area contributed by atoms with Crippen LogP contribution in [0.2, 0.25) is 0 Å². The molecule has 0 N–H and O–H groups in total. The van der Waals surface area contributed by atoms with E-state index in [4.69, 9.17) is 14.0 Å². The molecule has 0 atom stereocenters. The number of hydrogen-bond donors (Lipinski definition) is 0. The fraction of sp³-hybridized carbons (Fsp3) is 0. The third kappa shape index (κ3) is 4.55. The van der Waals surface area contributed by atoms with Crippen molar-refractivity contribution in [2.24, 2.45) is 0 Å². The van der Waals surface area contributed by atoms with Crippen LogP contribution in [0.4, 0.5) is 17.1 Å². The minimum atomic E-state index is -0.737. The molecule has 0 aliphatic heterocycles. The van der Waals surface area contributed by atoms with E-state index in [0.717, 1.165) is 22.1 Å². The van der Waals surface area contributed by atoms with Gasteiger partial charge in [-0.15, -0.1) is 11.3 Å². The van der Waals surface area contributed by atoms with Gasteiger partial charge < -0.3 is 9.32 Å².